The standard InChI is InChI=1S/C10H14N2O2/c1-7-5-9(3-4-11-7)10(14)12-6-8(2)13/h3-5,8,13H,6H2,1-2H3,(H,12,14). The van der Waals surface area contributed by atoms with Crippen molar-refractivity contribution in [3.8, 4) is 0 Å². The number of hydrogen-bond donors (Lipinski definition) is 2. The first-order valence-corrected chi connectivity index (χ1v) is 4.48. The molecule has 0 saturated carbocycles. The van der Waals surface area contributed by atoms with E-state index in [4.69, 9.17) is 5.11 Å². The number of rotatable bonds is 3. The smallest absolute Gasteiger partial charge is 0.251 e. The lowest BCUT2D eigenvalue weighted by Gasteiger charge is -2.06. The molecular weight excluding hydrogens is 180 g/mol. The molecule has 1 unspecified atom stereocenters. The monoisotopic (exact) mass is 194 g/mol. The molecule has 0 spiro atoms. The zero-order chi connectivity index (χ0) is 10.6. The van der Waals surface area contributed by atoms with E-state index in [0.29, 0.717) is 5.56 Å². The zero-order valence-electron chi connectivity index (χ0n) is 8.32. The van der Waals surface area contributed by atoms with Crippen LogP contribution in [0, 0.1) is 6.92 Å². The molecule has 0 radical (unpaired) electrons. The number of carbonyl (C=O) groups excluding carboxylic acids is 1. The predicted molar refractivity (Wildman–Crippen MR) is 53.0 cm³/mol. The Labute approximate surface area is 83.0 Å². The van der Waals surface area contributed by atoms with Gasteiger partial charge in [-0.1, -0.05) is 0 Å². The Morgan fingerprint density at radius 3 is 3.00 bits per heavy atom. The second-order valence-corrected chi connectivity index (χ2v) is 3.24. The van der Waals surface area contributed by atoms with Crippen molar-refractivity contribution >= 4 is 5.91 Å². The van der Waals surface area contributed by atoms with Crippen molar-refractivity contribution in [2.45, 2.75) is 20.0 Å². The lowest BCUT2D eigenvalue weighted by atomic mass is 10.2. The van der Waals surface area contributed by atoms with Crippen molar-refractivity contribution in [3.05, 3.63) is 29.6 Å². The van der Waals surface area contributed by atoms with E-state index in [1.165, 1.54) is 0 Å². The number of carbonyl (C=O) groups is 1. The molecule has 4 heteroatoms. The Hall–Kier alpha value is -1.42. The van der Waals surface area contributed by atoms with E-state index in [1.807, 2.05) is 6.92 Å². The van der Waals surface area contributed by atoms with Gasteiger partial charge in [-0.3, -0.25) is 9.78 Å². The second-order valence-electron chi connectivity index (χ2n) is 3.24. The minimum atomic E-state index is -0.526. The zero-order valence-corrected chi connectivity index (χ0v) is 8.32. The van der Waals surface area contributed by atoms with Gasteiger partial charge < -0.3 is 10.4 Å². The van der Waals surface area contributed by atoms with Gasteiger partial charge in [0.05, 0.1) is 6.10 Å². The SMILES string of the molecule is Cc1cc(C(=O)NCC(C)O)ccn1. The van der Waals surface area contributed by atoms with Crippen LogP contribution >= 0.6 is 0 Å². The largest absolute Gasteiger partial charge is 0.392 e. The number of amides is 1. The van der Waals surface area contributed by atoms with Gasteiger partial charge in [-0.05, 0) is 26.0 Å². The molecule has 0 aliphatic carbocycles. The van der Waals surface area contributed by atoms with Crippen LogP contribution < -0.4 is 5.32 Å². The Kier molecular flexibility index (Phi) is 3.59. The summed E-state index contributed by atoms with van der Waals surface area (Å²) in [5.41, 5.74) is 1.37. The molecule has 0 aromatic carbocycles. The average molecular weight is 194 g/mol. The summed E-state index contributed by atoms with van der Waals surface area (Å²) >= 11 is 0. The third-order valence-corrected chi connectivity index (χ3v) is 1.72. The van der Waals surface area contributed by atoms with Crippen molar-refractivity contribution in [3.63, 3.8) is 0 Å². The fraction of sp³-hybridized carbons (Fsp3) is 0.400. The van der Waals surface area contributed by atoms with Crippen LogP contribution in [0.5, 0.6) is 0 Å². The molecule has 1 amide bonds. The number of aromatic nitrogens is 1. The molecule has 1 rings (SSSR count). The third-order valence-electron chi connectivity index (χ3n) is 1.72. The summed E-state index contributed by atoms with van der Waals surface area (Å²) in [6.07, 6.45) is 1.06. The van der Waals surface area contributed by atoms with Crippen LogP contribution in [-0.2, 0) is 0 Å². The predicted octanol–water partition coefficient (Wildman–Crippen LogP) is 0.501. The lowest BCUT2D eigenvalue weighted by Crippen LogP contribution is -2.30. The number of nitrogens with zero attached hydrogens (tertiary/aromatic N) is 1. The molecule has 2 N–H and O–H groups in total. The van der Waals surface area contributed by atoms with Gasteiger partial charge in [-0.25, -0.2) is 0 Å². The summed E-state index contributed by atoms with van der Waals surface area (Å²) in [6, 6.07) is 3.35. The molecule has 0 aliphatic heterocycles. The summed E-state index contributed by atoms with van der Waals surface area (Å²) in [5.74, 6) is -0.184. The van der Waals surface area contributed by atoms with E-state index < -0.39 is 6.10 Å². The van der Waals surface area contributed by atoms with Gasteiger partial charge in [0, 0.05) is 24.0 Å². The topological polar surface area (TPSA) is 62.2 Å². The summed E-state index contributed by atoms with van der Waals surface area (Å²) in [5, 5.41) is 11.6. The molecule has 1 heterocycles. The second kappa shape index (κ2) is 4.72. The van der Waals surface area contributed by atoms with Crippen molar-refractivity contribution in [2.24, 2.45) is 0 Å². The maximum absolute atomic E-state index is 11.5. The summed E-state index contributed by atoms with van der Waals surface area (Å²) in [7, 11) is 0. The first-order valence-electron chi connectivity index (χ1n) is 4.48. The van der Waals surface area contributed by atoms with E-state index >= 15 is 0 Å². The molecule has 4 nitrogen and oxygen atoms in total. The highest BCUT2D eigenvalue weighted by Gasteiger charge is 2.05. The first kappa shape index (κ1) is 10.7. The molecule has 0 saturated heterocycles. The quantitative estimate of drug-likeness (QED) is 0.736. The van der Waals surface area contributed by atoms with Crippen LogP contribution in [0.15, 0.2) is 18.3 Å². The maximum atomic E-state index is 11.5. The van der Waals surface area contributed by atoms with E-state index in [2.05, 4.69) is 10.3 Å². The Balaban J connectivity index is 2.61. The number of pyridine rings is 1. The van der Waals surface area contributed by atoms with Crippen LogP contribution in [0.1, 0.15) is 23.0 Å². The van der Waals surface area contributed by atoms with E-state index in [0.717, 1.165) is 5.69 Å². The molecule has 0 fully saturated rings. The van der Waals surface area contributed by atoms with Crippen LogP contribution in [-0.4, -0.2) is 28.6 Å². The first-order chi connectivity index (χ1) is 6.59. The Morgan fingerprint density at radius 2 is 2.43 bits per heavy atom. The molecule has 0 aliphatic rings. The van der Waals surface area contributed by atoms with Gasteiger partial charge in [0.2, 0.25) is 0 Å². The minimum Gasteiger partial charge on any atom is -0.392 e. The molecule has 1 atom stereocenters. The highest BCUT2D eigenvalue weighted by Crippen LogP contribution is 2.00. The number of aryl methyl sites for hydroxylation is 1. The van der Waals surface area contributed by atoms with Crippen LogP contribution in [0.4, 0.5) is 0 Å². The Morgan fingerprint density at radius 1 is 1.71 bits per heavy atom. The highest BCUT2D eigenvalue weighted by molar-refractivity contribution is 5.94. The average Bonchev–Trinajstić information content (AvgIpc) is 2.14. The number of aliphatic hydroxyl groups excluding tert-OH is 1. The molecule has 76 valence electrons. The number of nitrogens with one attached hydrogen (secondary N) is 1. The van der Waals surface area contributed by atoms with Gasteiger partial charge >= 0.3 is 0 Å². The summed E-state index contributed by atoms with van der Waals surface area (Å²) in [4.78, 5) is 15.4. The highest BCUT2D eigenvalue weighted by atomic mass is 16.3. The summed E-state index contributed by atoms with van der Waals surface area (Å²) < 4.78 is 0. The van der Waals surface area contributed by atoms with Gasteiger partial charge in [0.15, 0.2) is 0 Å². The maximum Gasteiger partial charge on any atom is 0.251 e. The third kappa shape index (κ3) is 3.14. The molecular formula is C10H14N2O2. The number of aliphatic hydroxyl groups is 1. The van der Waals surface area contributed by atoms with Crippen molar-refractivity contribution in [1.29, 1.82) is 0 Å². The molecule has 1 aromatic rings. The molecule has 1 aromatic heterocycles. The van der Waals surface area contributed by atoms with E-state index in [1.54, 1.807) is 25.3 Å². The van der Waals surface area contributed by atoms with Crippen molar-refractivity contribution in [2.75, 3.05) is 6.54 Å². The number of hydrogen-bond acceptors (Lipinski definition) is 3. The van der Waals surface area contributed by atoms with Gasteiger partial charge in [0.1, 0.15) is 0 Å². The van der Waals surface area contributed by atoms with Gasteiger partial charge in [-0.2, -0.15) is 0 Å². The van der Waals surface area contributed by atoms with Gasteiger partial charge in [0.25, 0.3) is 5.91 Å². The van der Waals surface area contributed by atoms with Crippen molar-refractivity contribution in [1.82, 2.24) is 10.3 Å². The Bertz CT molecular complexity index is 324. The van der Waals surface area contributed by atoms with Crippen molar-refractivity contribution < 1.29 is 9.90 Å². The minimum absolute atomic E-state index is 0.184. The van der Waals surface area contributed by atoms with Gasteiger partial charge in [-0.15, -0.1) is 0 Å². The fourth-order valence-corrected chi connectivity index (χ4v) is 1.03. The normalized spacial score (nSPS) is 12.2. The molecule has 0 bridgehead atoms. The van der Waals surface area contributed by atoms with E-state index in [9.17, 15) is 4.79 Å². The van der Waals surface area contributed by atoms with Crippen LogP contribution in [0.2, 0.25) is 0 Å². The fourth-order valence-electron chi connectivity index (χ4n) is 1.03. The lowest BCUT2D eigenvalue weighted by molar-refractivity contribution is 0.0924. The van der Waals surface area contributed by atoms with Crippen LogP contribution in [0.25, 0.3) is 0 Å². The summed E-state index contributed by atoms with van der Waals surface area (Å²) in [6.45, 7) is 3.71. The van der Waals surface area contributed by atoms with Crippen LogP contribution in [0.3, 0.4) is 0 Å². The van der Waals surface area contributed by atoms with E-state index in [-0.39, 0.29) is 12.5 Å². The molecule has 14 heavy (non-hydrogen) atoms.